The summed E-state index contributed by atoms with van der Waals surface area (Å²) in [7, 11) is 0. The fourth-order valence-electron chi connectivity index (χ4n) is 1.92. The van der Waals surface area contributed by atoms with Crippen LogP contribution in [-0.4, -0.2) is 16.4 Å². The second-order valence-corrected chi connectivity index (χ2v) is 4.54. The standard InChI is InChI=1S/C16H14N2O3/c1-2-15(17)16(19)13-5-3-11(4-6-13)12-7-9-14(10-8-12)18(20)21/h3-10,17H,2H2,1H3. The van der Waals surface area contributed by atoms with E-state index in [-0.39, 0.29) is 17.2 Å². The van der Waals surface area contributed by atoms with E-state index in [9.17, 15) is 14.9 Å². The molecule has 0 saturated carbocycles. The lowest BCUT2D eigenvalue weighted by Gasteiger charge is -2.04. The quantitative estimate of drug-likeness (QED) is 0.391. The van der Waals surface area contributed by atoms with Crippen LogP contribution in [0.2, 0.25) is 0 Å². The molecular weight excluding hydrogens is 268 g/mol. The zero-order valence-electron chi connectivity index (χ0n) is 11.5. The molecular formula is C16H14N2O3. The van der Waals surface area contributed by atoms with Crippen molar-refractivity contribution in [1.29, 1.82) is 5.41 Å². The van der Waals surface area contributed by atoms with Crippen molar-refractivity contribution in [3.8, 4) is 11.1 Å². The van der Waals surface area contributed by atoms with Gasteiger partial charge in [-0.15, -0.1) is 0 Å². The molecule has 0 spiro atoms. The molecule has 0 aliphatic rings. The van der Waals surface area contributed by atoms with Gasteiger partial charge in [0, 0.05) is 17.7 Å². The summed E-state index contributed by atoms with van der Waals surface area (Å²) in [5, 5.41) is 18.2. The van der Waals surface area contributed by atoms with E-state index in [0.29, 0.717) is 12.0 Å². The smallest absolute Gasteiger partial charge is 0.269 e. The highest BCUT2D eigenvalue weighted by Crippen LogP contribution is 2.23. The minimum absolute atomic E-state index is 0.0435. The number of benzene rings is 2. The van der Waals surface area contributed by atoms with Crippen LogP contribution in [0, 0.1) is 15.5 Å². The molecule has 2 aromatic rings. The van der Waals surface area contributed by atoms with Crippen LogP contribution >= 0.6 is 0 Å². The van der Waals surface area contributed by atoms with Crippen molar-refractivity contribution < 1.29 is 9.72 Å². The van der Waals surface area contributed by atoms with Crippen molar-refractivity contribution in [1.82, 2.24) is 0 Å². The highest BCUT2D eigenvalue weighted by molar-refractivity contribution is 6.44. The second-order valence-electron chi connectivity index (χ2n) is 4.54. The third kappa shape index (κ3) is 3.20. The van der Waals surface area contributed by atoms with Gasteiger partial charge < -0.3 is 5.41 Å². The summed E-state index contributed by atoms with van der Waals surface area (Å²) >= 11 is 0. The third-order valence-corrected chi connectivity index (χ3v) is 3.19. The van der Waals surface area contributed by atoms with E-state index in [1.54, 1.807) is 43.3 Å². The molecule has 1 N–H and O–H groups in total. The number of nitrogens with one attached hydrogen (secondary N) is 1. The summed E-state index contributed by atoms with van der Waals surface area (Å²) in [4.78, 5) is 22.0. The van der Waals surface area contributed by atoms with Gasteiger partial charge in [-0.3, -0.25) is 14.9 Å². The molecule has 0 aliphatic heterocycles. The molecule has 0 aromatic heterocycles. The van der Waals surface area contributed by atoms with Crippen LogP contribution in [0.15, 0.2) is 48.5 Å². The van der Waals surface area contributed by atoms with E-state index in [4.69, 9.17) is 5.41 Å². The van der Waals surface area contributed by atoms with Gasteiger partial charge in [0.15, 0.2) is 0 Å². The number of carbonyl (C=O) groups is 1. The number of carbonyl (C=O) groups excluding carboxylic acids is 1. The predicted octanol–water partition coefficient (Wildman–Crippen LogP) is 3.87. The fraction of sp³-hybridized carbons (Fsp3) is 0.125. The Balaban J connectivity index is 2.24. The van der Waals surface area contributed by atoms with E-state index in [1.165, 1.54) is 12.1 Å². The van der Waals surface area contributed by atoms with Crippen LogP contribution in [0.1, 0.15) is 23.7 Å². The average Bonchev–Trinajstić information content (AvgIpc) is 2.53. The molecule has 5 heteroatoms. The first-order valence-electron chi connectivity index (χ1n) is 6.50. The number of Topliss-reactive ketones (excluding diaryl/α,β-unsaturated/α-hetero) is 1. The maximum Gasteiger partial charge on any atom is 0.269 e. The summed E-state index contributed by atoms with van der Waals surface area (Å²) in [5.74, 6) is -0.271. The Morgan fingerprint density at radius 3 is 1.95 bits per heavy atom. The van der Waals surface area contributed by atoms with Crippen LogP contribution in [0.5, 0.6) is 0 Å². The lowest BCUT2D eigenvalue weighted by molar-refractivity contribution is -0.384. The Bertz CT molecular complexity index is 688. The summed E-state index contributed by atoms with van der Waals surface area (Å²) in [5.41, 5.74) is 2.31. The van der Waals surface area contributed by atoms with Crippen LogP contribution in [0.4, 0.5) is 5.69 Å². The van der Waals surface area contributed by atoms with Crippen molar-refractivity contribution in [2.24, 2.45) is 0 Å². The Labute approximate surface area is 121 Å². The van der Waals surface area contributed by atoms with Crippen LogP contribution in [0.3, 0.4) is 0 Å². The average molecular weight is 282 g/mol. The van der Waals surface area contributed by atoms with E-state index < -0.39 is 4.92 Å². The highest BCUT2D eigenvalue weighted by atomic mass is 16.6. The van der Waals surface area contributed by atoms with Gasteiger partial charge >= 0.3 is 0 Å². The number of nitro benzene ring substituents is 1. The topological polar surface area (TPSA) is 84.1 Å². The van der Waals surface area contributed by atoms with Crippen molar-refractivity contribution >= 4 is 17.2 Å². The molecule has 0 radical (unpaired) electrons. The number of non-ortho nitro benzene ring substituents is 1. The number of nitro groups is 1. The molecule has 0 heterocycles. The Hall–Kier alpha value is -2.82. The van der Waals surface area contributed by atoms with E-state index >= 15 is 0 Å². The van der Waals surface area contributed by atoms with Gasteiger partial charge in [-0.2, -0.15) is 0 Å². The summed E-state index contributed by atoms with van der Waals surface area (Å²) in [6.07, 6.45) is 0.406. The van der Waals surface area contributed by atoms with Crippen LogP contribution < -0.4 is 0 Å². The first-order valence-corrected chi connectivity index (χ1v) is 6.50. The molecule has 0 amide bonds. The summed E-state index contributed by atoms with van der Waals surface area (Å²) in [6.45, 7) is 1.77. The largest absolute Gasteiger partial charge is 0.301 e. The lowest BCUT2D eigenvalue weighted by Crippen LogP contribution is -2.11. The SMILES string of the molecule is CCC(=N)C(=O)c1ccc(-c2ccc([N+](=O)[O-])cc2)cc1. The zero-order chi connectivity index (χ0) is 15.4. The lowest BCUT2D eigenvalue weighted by atomic mass is 10.00. The van der Waals surface area contributed by atoms with E-state index in [1.807, 2.05) is 0 Å². The minimum Gasteiger partial charge on any atom is -0.301 e. The van der Waals surface area contributed by atoms with Gasteiger partial charge in [0.1, 0.15) is 0 Å². The Kier molecular flexibility index (Phi) is 4.23. The van der Waals surface area contributed by atoms with Gasteiger partial charge in [-0.1, -0.05) is 31.2 Å². The molecule has 0 saturated heterocycles. The predicted molar refractivity (Wildman–Crippen MR) is 80.9 cm³/mol. The molecule has 0 bridgehead atoms. The Morgan fingerprint density at radius 2 is 1.52 bits per heavy atom. The third-order valence-electron chi connectivity index (χ3n) is 3.19. The summed E-state index contributed by atoms with van der Waals surface area (Å²) < 4.78 is 0. The number of rotatable bonds is 5. The molecule has 0 aliphatic carbocycles. The van der Waals surface area contributed by atoms with Crippen molar-refractivity contribution in [3.63, 3.8) is 0 Å². The van der Waals surface area contributed by atoms with Crippen molar-refractivity contribution in [2.75, 3.05) is 0 Å². The van der Waals surface area contributed by atoms with Crippen LogP contribution in [0.25, 0.3) is 11.1 Å². The molecule has 2 rings (SSSR count). The molecule has 0 atom stereocenters. The van der Waals surface area contributed by atoms with Crippen molar-refractivity contribution in [2.45, 2.75) is 13.3 Å². The fourth-order valence-corrected chi connectivity index (χ4v) is 1.92. The van der Waals surface area contributed by atoms with Gasteiger partial charge in [0.05, 0.1) is 10.6 Å². The number of hydrogen-bond donors (Lipinski definition) is 1. The highest BCUT2D eigenvalue weighted by Gasteiger charge is 2.11. The molecule has 106 valence electrons. The molecule has 0 unspecified atom stereocenters. The Morgan fingerprint density at radius 1 is 1.05 bits per heavy atom. The second kappa shape index (κ2) is 6.09. The molecule has 5 nitrogen and oxygen atoms in total. The van der Waals surface area contributed by atoms with Gasteiger partial charge in [0.2, 0.25) is 5.78 Å². The van der Waals surface area contributed by atoms with Gasteiger partial charge in [-0.05, 0) is 29.7 Å². The first kappa shape index (κ1) is 14.6. The van der Waals surface area contributed by atoms with E-state index in [2.05, 4.69) is 0 Å². The molecule has 0 fully saturated rings. The number of hydrogen-bond acceptors (Lipinski definition) is 4. The van der Waals surface area contributed by atoms with E-state index in [0.717, 1.165) is 11.1 Å². The monoisotopic (exact) mass is 282 g/mol. The normalized spacial score (nSPS) is 10.1. The van der Waals surface area contributed by atoms with Crippen LogP contribution in [-0.2, 0) is 0 Å². The van der Waals surface area contributed by atoms with Gasteiger partial charge in [-0.25, -0.2) is 0 Å². The van der Waals surface area contributed by atoms with Gasteiger partial charge in [0.25, 0.3) is 5.69 Å². The summed E-state index contributed by atoms with van der Waals surface area (Å²) in [6, 6.07) is 13.1. The maximum atomic E-state index is 11.8. The number of nitrogens with zero attached hydrogens (tertiary/aromatic N) is 1. The number of ketones is 1. The van der Waals surface area contributed by atoms with Crippen molar-refractivity contribution in [3.05, 3.63) is 64.2 Å². The zero-order valence-corrected chi connectivity index (χ0v) is 11.5. The molecule has 2 aromatic carbocycles. The maximum absolute atomic E-state index is 11.8. The molecule has 21 heavy (non-hydrogen) atoms. The minimum atomic E-state index is -0.443. The first-order chi connectivity index (χ1) is 10.0.